The largest absolute Gasteiger partial charge is 0.444 e. The van der Waals surface area contributed by atoms with Gasteiger partial charge in [0.25, 0.3) is 5.56 Å². The maximum atomic E-state index is 14.0. The second-order valence-electron chi connectivity index (χ2n) is 18.4. The first kappa shape index (κ1) is 40.4. The fraction of sp³-hybridized carbons (Fsp3) is 0.615. The van der Waals surface area contributed by atoms with Crippen molar-refractivity contribution in [3.8, 4) is 11.1 Å². The van der Waals surface area contributed by atoms with Crippen LogP contribution in [0.3, 0.4) is 0 Å². The zero-order chi connectivity index (χ0) is 39.2. The zero-order valence-electron chi connectivity index (χ0n) is 33.7. The number of carbonyl (C=O) groups excluding carboxylic acids is 1. The predicted molar refractivity (Wildman–Crippen MR) is 222 cm³/mol. The van der Waals surface area contributed by atoms with Gasteiger partial charge < -0.3 is 29.0 Å². The molecule has 1 unspecified atom stereocenters. The molecule has 2 saturated heterocycles. The van der Waals surface area contributed by atoms with Gasteiger partial charge in [-0.1, -0.05) is 56.9 Å². The topological polar surface area (TPSA) is 126 Å². The number of piperidine rings is 1. The summed E-state index contributed by atoms with van der Waals surface area (Å²) in [6, 6.07) is 6.29. The van der Waals surface area contributed by atoms with Crippen molar-refractivity contribution in [2.24, 2.45) is 0 Å². The Balaban J connectivity index is 1.33. The van der Waals surface area contributed by atoms with Crippen LogP contribution in [-0.4, -0.2) is 83.3 Å². The van der Waals surface area contributed by atoms with E-state index in [0.717, 1.165) is 49.2 Å². The second-order valence-corrected chi connectivity index (χ2v) is 30.0. The summed E-state index contributed by atoms with van der Waals surface area (Å²) >= 11 is 7.18. The number of rotatable bonds is 13. The van der Waals surface area contributed by atoms with Crippen LogP contribution in [0.15, 0.2) is 29.3 Å². The number of fused-ring (bicyclic) bond motifs is 4. The van der Waals surface area contributed by atoms with Crippen molar-refractivity contribution in [1.29, 1.82) is 0 Å². The lowest BCUT2D eigenvalue weighted by Gasteiger charge is -2.39. The Bertz CT molecular complexity index is 2050. The van der Waals surface area contributed by atoms with Gasteiger partial charge in [0, 0.05) is 64.8 Å². The van der Waals surface area contributed by atoms with Gasteiger partial charge in [-0.05, 0) is 71.5 Å². The van der Waals surface area contributed by atoms with Gasteiger partial charge in [0.15, 0.2) is 5.65 Å². The molecule has 54 heavy (non-hydrogen) atoms. The van der Waals surface area contributed by atoms with Crippen LogP contribution < -0.4 is 15.8 Å². The molecule has 2 aliphatic rings. The molecule has 1 N–H and O–H groups in total. The smallest absolute Gasteiger partial charge is 0.407 e. The summed E-state index contributed by atoms with van der Waals surface area (Å²) in [4.78, 5) is 44.0. The van der Waals surface area contributed by atoms with Gasteiger partial charge in [-0.3, -0.25) is 9.36 Å². The lowest BCUT2D eigenvalue weighted by molar-refractivity contribution is 0.0492. The molecule has 2 fully saturated rings. The molecule has 1 aromatic carbocycles. The molecule has 0 radical (unpaired) electrons. The molecule has 5 heterocycles. The van der Waals surface area contributed by atoms with Crippen LogP contribution in [0.5, 0.6) is 0 Å². The maximum absolute atomic E-state index is 14.0. The Labute approximate surface area is 326 Å². The van der Waals surface area contributed by atoms with Crippen LogP contribution in [0.25, 0.3) is 33.2 Å². The summed E-state index contributed by atoms with van der Waals surface area (Å²) in [5.74, 6) is 1.38. The Morgan fingerprint density at radius 3 is 2.19 bits per heavy atom. The number of halogens is 1. The summed E-state index contributed by atoms with van der Waals surface area (Å²) in [6.07, 6.45) is 7.12. The van der Waals surface area contributed by atoms with Crippen molar-refractivity contribution in [3.63, 3.8) is 0 Å². The van der Waals surface area contributed by atoms with Gasteiger partial charge in [0.2, 0.25) is 0 Å². The van der Waals surface area contributed by atoms with Crippen LogP contribution in [0.1, 0.15) is 52.3 Å². The molecule has 1 amide bonds. The number of nitrogens with zero attached hydrogens (tertiary/aromatic N) is 6. The number of hydrogen-bond donors (Lipinski definition) is 1. The summed E-state index contributed by atoms with van der Waals surface area (Å²) < 4.78 is 21.3. The van der Waals surface area contributed by atoms with E-state index in [0.29, 0.717) is 58.4 Å². The molecule has 294 valence electrons. The molecule has 3 atom stereocenters. The van der Waals surface area contributed by atoms with Crippen molar-refractivity contribution in [2.45, 2.75) is 142 Å². The zero-order valence-corrected chi connectivity index (χ0v) is 36.5. The monoisotopic (exact) mass is 795 g/mol. The van der Waals surface area contributed by atoms with E-state index in [9.17, 15) is 9.59 Å². The number of aromatic nitrogens is 5. The number of hydrogen-bond acceptors (Lipinski definition) is 9. The normalized spacial score (nSPS) is 19.2. The summed E-state index contributed by atoms with van der Waals surface area (Å²) in [5.41, 5.74) is 2.58. The molecule has 4 aromatic rings. The average molecular weight is 797 g/mol. The van der Waals surface area contributed by atoms with Crippen LogP contribution in [0, 0.1) is 6.92 Å². The number of alkyl carbamates (subject to hydrolysis) is 1. The molecular weight excluding hydrogens is 738 g/mol. The van der Waals surface area contributed by atoms with E-state index in [1.165, 1.54) is 0 Å². The van der Waals surface area contributed by atoms with Crippen molar-refractivity contribution >= 4 is 61.7 Å². The van der Waals surface area contributed by atoms with Crippen LogP contribution in [0.4, 0.5) is 10.6 Å². The highest BCUT2D eigenvalue weighted by atomic mass is 35.5. The van der Waals surface area contributed by atoms with Gasteiger partial charge in [0.05, 0.1) is 22.1 Å². The summed E-state index contributed by atoms with van der Waals surface area (Å²) in [6.45, 7) is 23.0. The highest BCUT2D eigenvalue weighted by molar-refractivity contribution is 6.76. The summed E-state index contributed by atoms with van der Waals surface area (Å²) in [5, 5.41) is 3.78. The minimum atomic E-state index is -1.30. The van der Waals surface area contributed by atoms with Gasteiger partial charge in [-0.15, -0.1) is 0 Å². The lowest BCUT2D eigenvalue weighted by Crippen LogP contribution is -2.51. The number of aryl methyl sites for hydroxylation is 1. The van der Waals surface area contributed by atoms with Gasteiger partial charge in [-0.2, -0.15) is 0 Å². The quantitative estimate of drug-likeness (QED) is 0.105. The summed E-state index contributed by atoms with van der Waals surface area (Å²) in [7, 11) is -2.58. The van der Waals surface area contributed by atoms with Crippen LogP contribution in [-0.2, 0) is 27.7 Å². The average Bonchev–Trinajstić information content (AvgIpc) is 3.53. The van der Waals surface area contributed by atoms with E-state index in [1.54, 1.807) is 4.57 Å². The van der Waals surface area contributed by atoms with E-state index in [2.05, 4.69) is 49.5 Å². The SMILES string of the molecule is Cc1nc2ccc(-c3cn(COCC[Si](C)(C)C)c4nc(N5[C@@H]6CC[C@H]5CC(NC(=O)OC(C)(C)C)C6)cnc34)c(Cl)c2c(=O)n1COCC[Si](C)(C)C. The van der Waals surface area contributed by atoms with E-state index in [4.69, 9.17) is 40.8 Å². The minimum Gasteiger partial charge on any atom is -0.444 e. The molecule has 6 rings (SSSR count). The lowest BCUT2D eigenvalue weighted by atomic mass is 9.97. The highest BCUT2D eigenvalue weighted by Crippen LogP contribution is 2.41. The Morgan fingerprint density at radius 1 is 0.944 bits per heavy atom. The number of carbonyl (C=O) groups is 1. The third-order valence-electron chi connectivity index (χ3n) is 10.3. The molecular formula is C39H58ClN7O5Si2. The number of anilines is 1. The third kappa shape index (κ3) is 9.38. The molecule has 3 aromatic heterocycles. The number of ether oxygens (including phenoxy) is 3. The molecule has 0 saturated carbocycles. The van der Waals surface area contributed by atoms with Gasteiger partial charge in [0.1, 0.15) is 36.2 Å². The maximum Gasteiger partial charge on any atom is 0.407 e. The fourth-order valence-corrected chi connectivity index (χ4v) is 9.27. The number of amides is 1. The molecule has 0 spiro atoms. The molecule has 12 nitrogen and oxygen atoms in total. The van der Waals surface area contributed by atoms with E-state index in [1.807, 2.05) is 56.8 Å². The number of benzene rings is 1. The van der Waals surface area contributed by atoms with Crippen molar-refractivity contribution in [2.75, 3.05) is 18.1 Å². The first-order valence-corrected chi connectivity index (χ1v) is 27.1. The van der Waals surface area contributed by atoms with Crippen LogP contribution >= 0.6 is 11.6 Å². The Kier molecular flexibility index (Phi) is 11.7. The molecule has 15 heteroatoms. The second kappa shape index (κ2) is 15.7. The van der Waals surface area contributed by atoms with Gasteiger partial charge in [-0.25, -0.2) is 19.7 Å². The minimum absolute atomic E-state index is 0.0372. The van der Waals surface area contributed by atoms with E-state index in [-0.39, 0.29) is 36.5 Å². The first-order valence-electron chi connectivity index (χ1n) is 19.3. The molecule has 2 bridgehead atoms. The predicted octanol–water partition coefficient (Wildman–Crippen LogP) is 8.42. The first-order chi connectivity index (χ1) is 25.3. The van der Waals surface area contributed by atoms with E-state index < -0.39 is 21.7 Å². The molecule has 2 aliphatic heterocycles. The van der Waals surface area contributed by atoms with Crippen molar-refractivity contribution < 1.29 is 19.0 Å². The van der Waals surface area contributed by atoms with Crippen molar-refractivity contribution in [3.05, 3.63) is 45.7 Å². The van der Waals surface area contributed by atoms with Crippen molar-refractivity contribution in [1.82, 2.24) is 29.4 Å². The van der Waals surface area contributed by atoms with E-state index >= 15 is 0 Å². The highest BCUT2D eigenvalue weighted by Gasteiger charge is 2.42. The Morgan fingerprint density at radius 2 is 1.57 bits per heavy atom. The van der Waals surface area contributed by atoms with Gasteiger partial charge >= 0.3 is 6.09 Å². The fourth-order valence-electron chi connectivity index (χ4n) is 7.42. The Hall–Kier alpha value is -3.31. The third-order valence-corrected chi connectivity index (χ3v) is 14.1. The standard InChI is InChI=1S/C39H58ClN7O5Si2/c1-25-42-31-14-13-29(34(40)33(31)37(48)46(25)24-51-16-18-54(8,9)10)30-22-45(23-50-15-17-53(5,6)7)36-35(30)41-21-32(44-36)47-27-11-12-28(47)20-26(19-27)43-38(49)52-39(2,3)4/h13-14,21-22,26-28H,11-12,15-20,23-24H2,1-10H3,(H,43,49)/t26?,27-,28+. The van der Waals surface area contributed by atoms with Crippen LogP contribution in [0.2, 0.25) is 56.4 Å². The molecule has 0 aliphatic carbocycles. The number of nitrogens with one attached hydrogen (secondary N) is 1.